The third-order valence-corrected chi connectivity index (χ3v) is 8.55. The molecule has 0 saturated heterocycles. The van der Waals surface area contributed by atoms with Gasteiger partial charge < -0.3 is 14.6 Å². The average Bonchev–Trinajstić information content (AvgIpc) is 3.21. The molecule has 0 aliphatic carbocycles. The SMILES string of the molecule is C=CCP(=O)(CC=C)c1cc2c(Nc3ccc4scnc4c3)ncnc2cc1OC. The largest absolute Gasteiger partial charge is 0.496 e. The standard InChI is InChI=1S/C22H21N4O2PS/c1-4-8-29(27,9-5-2)20-11-16-17(12-19(20)28-3)23-13-24-22(16)26-15-6-7-21-18(10-15)25-14-30-21/h4-7,10-14H,1-2,8-9H2,3H3,(H,23,24,26). The second kappa shape index (κ2) is 8.38. The van der Waals surface area contributed by atoms with Crippen molar-refractivity contribution in [2.75, 3.05) is 24.8 Å². The summed E-state index contributed by atoms with van der Waals surface area (Å²) in [5.41, 5.74) is 4.31. The lowest BCUT2D eigenvalue weighted by Gasteiger charge is -2.20. The fraction of sp³-hybridized carbons (Fsp3) is 0.136. The molecule has 2 heterocycles. The third-order valence-electron chi connectivity index (χ3n) is 4.82. The smallest absolute Gasteiger partial charge is 0.141 e. The second-order valence-corrected chi connectivity index (χ2v) is 10.6. The number of methoxy groups -OCH3 is 1. The van der Waals surface area contributed by atoms with Gasteiger partial charge in [-0.25, -0.2) is 15.0 Å². The van der Waals surface area contributed by atoms with Crippen molar-refractivity contribution in [1.29, 1.82) is 0 Å². The first-order chi connectivity index (χ1) is 14.6. The van der Waals surface area contributed by atoms with E-state index >= 15 is 0 Å². The number of anilines is 2. The Morgan fingerprint density at radius 2 is 1.90 bits per heavy atom. The van der Waals surface area contributed by atoms with Gasteiger partial charge in [0, 0.05) is 29.5 Å². The molecule has 0 aliphatic rings. The molecule has 0 unspecified atom stereocenters. The van der Waals surface area contributed by atoms with E-state index in [1.165, 1.54) is 6.33 Å². The number of nitrogens with zero attached hydrogens (tertiary/aromatic N) is 3. The van der Waals surface area contributed by atoms with Crippen molar-refractivity contribution in [1.82, 2.24) is 15.0 Å². The number of nitrogens with one attached hydrogen (secondary N) is 1. The summed E-state index contributed by atoms with van der Waals surface area (Å²) in [6.07, 6.45) is 5.57. The number of rotatable bonds is 8. The number of benzene rings is 2. The second-order valence-electron chi connectivity index (χ2n) is 6.76. The molecule has 4 rings (SSSR count). The van der Waals surface area contributed by atoms with Crippen molar-refractivity contribution in [3.8, 4) is 5.75 Å². The van der Waals surface area contributed by atoms with Gasteiger partial charge in [0.05, 0.1) is 33.7 Å². The highest BCUT2D eigenvalue weighted by Gasteiger charge is 2.27. The van der Waals surface area contributed by atoms with Gasteiger partial charge in [-0.05, 0) is 24.3 Å². The molecule has 8 heteroatoms. The third kappa shape index (κ3) is 3.74. The Morgan fingerprint density at radius 3 is 2.63 bits per heavy atom. The molecule has 0 amide bonds. The number of ether oxygens (including phenoxy) is 1. The van der Waals surface area contributed by atoms with Crippen LogP contribution in [0.4, 0.5) is 11.5 Å². The first-order valence-electron chi connectivity index (χ1n) is 9.31. The number of fused-ring (bicyclic) bond motifs is 2. The van der Waals surface area contributed by atoms with Crippen LogP contribution in [0.5, 0.6) is 5.75 Å². The van der Waals surface area contributed by atoms with Crippen LogP contribution in [0.3, 0.4) is 0 Å². The zero-order valence-corrected chi connectivity index (χ0v) is 18.2. The summed E-state index contributed by atoms with van der Waals surface area (Å²) in [7, 11) is -1.24. The van der Waals surface area contributed by atoms with Crippen LogP contribution in [0.2, 0.25) is 0 Å². The fourth-order valence-corrected chi connectivity index (χ4v) is 6.37. The highest BCUT2D eigenvalue weighted by molar-refractivity contribution is 7.72. The molecule has 2 aromatic heterocycles. The van der Waals surface area contributed by atoms with Crippen molar-refractivity contribution in [3.63, 3.8) is 0 Å². The van der Waals surface area contributed by atoms with Gasteiger partial charge in [-0.3, -0.25) is 0 Å². The minimum absolute atomic E-state index is 0.359. The van der Waals surface area contributed by atoms with E-state index in [1.54, 1.807) is 36.7 Å². The molecule has 4 aromatic rings. The van der Waals surface area contributed by atoms with Crippen LogP contribution in [0.15, 0.2) is 67.5 Å². The molecule has 30 heavy (non-hydrogen) atoms. The Labute approximate surface area is 178 Å². The van der Waals surface area contributed by atoms with E-state index in [1.807, 2.05) is 29.8 Å². The average molecular weight is 436 g/mol. The molecule has 1 N–H and O–H groups in total. The van der Waals surface area contributed by atoms with Crippen molar-refractivity contribution < 1.29 is 9.30 Å². The molecule has 152 valence electrons. The number of hydrogen-bond donors (Lipinski definition) is 1. The topological polar surface area (TPSA) is 77.0 Å². The number of hydrogen-bond acceptors (Lipinski definition) is 7. The van der Waals surface area contributed by atoms with Gasteiger partial charge in [-0.2, -0.15) is 0 Å². The van der Waals surface area contributed by atoms with Gasteiger partial charge >= 0.3 is 0 Å². The van der Waals surface area contributed by atoms with E-state index in [-0.39, 0.29) is 0 Å². The van der Waals surface area contributed by atoms with E-state index < -0.39 is 7.14 Å². The van der Waals surface area contributed by atoms with Gasteiger partial charge in [-0.1, -0.05) is 12.2 Å². The number of allylic oxidation sites excluding steroid dienone is 2. The highest BCUT2D eigenvalue weighted by Crippen LogP contribution is 2.48. The Balaban J connectivity index is 1.85. The van der Waals surface area contributed by atoms with E-state index in [9.17, 15) is 4.57 Å². The zero-order chi connectivity index (χ0) is 21.1. The Kier molecular flexibility index (Phi) is 5.66. The summed E-state index contributed by atoms with van der Waals surface area (Å²) in [4.78, 5) is 13.2. The van der Waals surface area contributed by atoms with Crippen LogP contribution in [0.1, 0.15) is 0 Å². The summed E-state index contributed by atoms with van der Waals surface area (Å²) in [6.45, 7) is 7.55. The highest BCUT2D eigenvalue weighted by atomic mass is 32.1. The van der Waals surface area contributed by atoms with Crippen LogP contribution < -0.4 is 15.4 Å². The molecule has 0 spiro atoms. The first-order valence-corrected chi connectivity index (χ1v) is 12.3. The molecule has 0 radical (unpaired) electrons. The molecule has 0 aliphatic heterocycles. The van der Waals surface area contributed by atoms with Crippen molar-refractivity contribution >= 4 is 56.4 Å². The van der Waals surface area contributed by atoms with Gasteiger partial charge in [0.25, 0.3) is 0 Å². The van der Waals surface area contributed by atoms with Crippen molar-refractivity contribution in [2.45, 2.75) is 0 Å². The Morgan fingerprint density at radius 1 is 1.10 bits per heavy atom. The van der Waals surface area contributed by atoms with E-state index in [2.05, 4.69) is 33.4 Å². The Hall–Kier alpha value is -3.02. The van der Waals surface area contributed by atoms with Crippen LogP contribution in [0.25, 0.3) is 21.1 Å². The van der Waals surface area contributed by atoms with Crippen LogP contribution in [-0.2, 0) is 4.57 Å². The van der Waals surface area contributed by atoms with E-state index in [0.717, 1.165) is 21.3 Å². The van der Waals surface area contributed by atoms with Gasteiger partial charge in [0.2, 0.25) is 0 Å². The molecular weight excluding hydrogens is 415 g/mol. The van der Waals surface area contributed by atoms with Crippen molar-refractivity contribution in [3.05, 3.63) is 67.5 Å². The molecule has 6 nitrogen and oxygen atoms in total. The monoisotopic (exact) mass is 436 g/mol. The predicted molar refractivity (Wildman–Crippen MR) is 126 cm³/mol. The first kappa shape index (κ1) is 20.3. The molecule has 0 fully saturated rings. The molecule has 0 atom stereocenters. The van der Waals surface area contributed by atoms with Gasteiger partial charge in [-0.15, -0.1) is 24.5 Å². The summed E-state index contributed by atoms with van der Waals surface area (Å²) in [5.74, 6) is 1.17. The van der Waals surface area contributed by atoms with E-state index in [0.29, 0.717) is 34.7 Å². The van der Waals surface area contributed by atoms with Crippen LogP contribution in [0, 0.1) is 0 Å². The van der Waals surface area contributed by atoms with E-state index in [4.69, 9.17) is 4.74 Å². The molecule has 0 saturated carbocycles. The maximum absolute atomic E-state index is 13.7. The summed E-state index contributed by atoms with van der Waals surface area (Å²) in [5, 5.41) is 4.76. The predicted octanol–water partition coefficient (Wildman–Crippen LogP) is 5.35. The minimum Gasteiger partial charge on any atom is -0.496 e. The summed E-state index contributed by atoms with van der Waals surface area (Å²) < 4.78 is 20.4. The summed E-state index contributed by atoms with van der Waals surface area (Å²) in [6, 6.07) is 9.66. The lowest BCUT2D eigenvalue weighted by Crippen LogP contribution is -2.13. The number of thiazole rings is 1. The molecule has 0 bridgehead atoms. The fourth-order valence-electron chi connectivity index (χ4n) is 3.41. The maximum atomic E-state index is 13.7. The lowest BCUT2D eigenvalue weighted by molar-refractivity contribution is 0.418. The Bertz CT molecular complexity index is 1290. The van der Waals surface area contributed by atoms with Crippen molar-refractivity contribution in [2.24, 2.45) is 0 Å². The summed E-state index contributed by atoms with van der Waals surface area (Å²) >= 11 is 1.60. The van der Waals surface area contributed by atoms with Crippen LogP contribution in [-0.4, -0.2) is 34.4 Å². The zero-order valence-electron chi connectivity index (χ0n) is 16.5. The lowest BCUT2D eigenvalue weighted by atomic mass is 10.2. The number of aromatic nitrogens is 3. The van der Waals surface area contributed by atoms with Gasteiger partial charge in [0.1, 0.15) is 25.0 Å². The maximum Gasteiger partial charge on any atom is 0.141 e. The molecule has 2 aromatic carbocycles. The van der Waals surface area contributed by atoms with Crippen LogP contribution >= 0.6 is 18.5 Å². The normalized spacial score (nSPS) is 11.5. The van der Waals surface area contributed by atoms with Gasteiger partial charge in [0.15, 0.2) is 0 Å². The quantitative estimate of drug-likeness (QED) is 0.296. The minimum atomic E-state index is -2.81. The molecular formula is C22H21N4O2PS.